The number of hydrogen-bond donors (Lipinski definition) is 0. The fraction of sp³-hybridized carbons (Fsp3) is 0.500. The highest BCUT2D eigenvalue weighted by atomic mass is 32.2. The Kier molecular flexibility index (Phi) is 6.20. The van der Waals surface area contributed by atoms with Crippen LogP contribution in [-0.4, -0.2) is 59.5 Å². The number of benzene rings is 1. The predicted octanol–water partition coefficient (Wildman–Crippen LogP) is 2.19. The van der Waals surface area contributed by atoms with Gasteiger partial charge in [-0.3, -0.25) is 9.48 Å². The second kappa shape index (κ2) is 8.45. The highest BCUT2D eigenvalue weighted by Gasteiger charge is 2.30. The summed E-state index contributed by atoms with van der Waals surface area (Å²) in [6, 6.07) is 9.13. The molecule has 1 fully saturated rings. The van der Waals surface area contributed by atoms with Gasteiger partial charge >= 0.3 is 0 Å². The molecule has 0 aliphatic carbocycles. The number of nitrogens with zero attached hydrogens (tertiary/aromatic N) is 4. The summed E-state index contributed by atoms with van der Waals surface area (Å²) in [5, 5.41) is 4.25. The summed E-state index contributed by atoms with van der Waals surface area (Å²) in [6.45, 7) is 3.01. The van der Waals surface area contributed by atoms with E-state index in [0.29, 0.717) is 25.1 Å². The van der Waals surface area contributed by atoms with Crippen LogP contribution in [0.5, 0.6) is 0 Å². The van der Waals surface area contributed by atoms with Crippen molar-refractivity contribution in [1.82, 2.24) is 19.0 Å². The lowest BCUT2D eigenvalue weighted by Gasteiger charge is -2.26. The molecule has 1 aromatic carbocycles. The van der Waals surface area contributed by atoms with E-state index in [0.717, 1.165) is 24.1 Å². The maximum atomic E-state index is 12.8. The summed E-state index contributed by atoms with van der Waals surface area (Å²) < 4.78 is 28.8. The Morgan fingerprint density at radius 1 is 1.21 bits per heavy atom. The summed E-state index contributed by atoms with van der Waals surface area (Å²) in [5.74, 6) is -0.0284. The van der Waals surface area contributed by atoms with Gasteiger partial charge in [0.1, 0.15) is 0 Å². The lowest BCUT2D eigenvalue weighted by molar-refractivity contribution is 0.0759. The minimum absolute atomic E-state index is 0.00162. The first-order chi connectivity index (χ1) is 13.3. The topological polar surface area (TPSA) is 75.5 Å². The van der Waals surface area contributed by atoms with Gasteiger partial charge in [0.25, 0.3) is 5.91 Å². The summed E-state index contributed by atoms with van der Waals surface area (Å²) >= 11 is 0. The Morgan fingerprint density at radius 3 is 2.57 bits per heavy atom. The van der Waals surface area contributed by atoms with Crippen LogP contribution in [-0.2, 0) is 22.8 Å². The standard InChI is InChI=1S/C20H28N4O3S/c1-16-19(14-22(2)21-16)20(25)24-12-7-10-18(11-13-24)23(3)28(26,27)15-17-8-5-4-6-9-17/h4-6,8-9,14,18H,7,10-13,15H2,1-3H3/t18-/m0/s1. The van der Waals surface area contributed by atoms with Crippen LogP contribution in [0.3, 0.4) is 0 Å². The molecule has 1 saturated heterocycles. The molecule has 3 rings (SSSR count). The monoisotopic (exact) mass is 404 g/mol. The average Bonchev–Trinajstić information content (AvgIpc) is 2.85. The normalized spacial score (nSPS) is 18.3. The van der Waals surface area contributed by atoms with Gasteiger partial charge in [-0.1, -0.05) is 30.3 Å². The Hall–Kier alpha value is -2.19. The number of sulfonamides is 1. The van der Waals surface area contributed by atoms with Crippen molar-refractivity contribution >= 4 is 15.9 Å². The van der Waals surface area contributed by atoms with Gasteiger partial charge in [0.15, 0.2) is 0 Å². The van der Waals surface area contributed by atoms with Crippen molar-refractivity contribution in [3.63, 3.8) is 0 Å². The molecule has 0 saturated carbocycles. The second-order valence-corrected chi connectivity index (χ2v) is 9.47. The molecule has 7 nitrogen and oxygen atoms in total. The molecule has 2 aromatic rings. The maximum absolute atomic E-state index is 12.8. The minimum Gasteiger partial charge on any atom is -0.338 e. The predicted molar refractivity (Wildman–Crippen MR) is 108 cm³/mol. The molecule has 28 heavy (non-hydrogen) atoms. The van der Waals surface area contributed by atoms with Crippen LogP contribution in [0.2, 0.25) is 0 Å². The Balaban J connectivity index is 1.65. The van der Waals surface area contributed by atoms with Gasteiger partial charge in [0.2, 0.25) is 10.0 Å². The third-order valence-electron chi connectivity index (χ3n) is 5.37. The third-order valence-corrected chi connectivity index (χ3v) is 7.25. The Labute approximate surface area is 167 Å². The van der Waals surface area contributed by atoms with E-state index in [2.05, 4.69) is 5.10 Å². The number of aryl methyl sites for hydroxylation is 2. The molecule has 1 aliphatic rings. The van der Waals surface area contributed by atoms with E-state index >= 15 is 0 Å². The number of carbonyl (C=O) groups is 1. The number of amides is 1. The van der Waals surface area contributed by atoms with Crippen LogP contribution in [0.25, 0.3) is 0 Å². The fourth-order valence-corrected chi connectivity index (χ4v) is 5.22. The lowest BCUT2D eigenvalue weighted by Crippen LogP contribution is -2.39. The van der Waals surface area contributed by atoms with Crippen molar-refractivity contribution in [3.05, 3.63) is 53.3 Å². The van der Waals surface area contributed by atoms with Crippen LogP contribution in [0.4, 0.5) is 0 Å². The zero-order valence-electron chi connectivity index (χ0n) is 16.7. The zero-order valence-corrected chi connectivity index (χ0v) is 17.5. The number of hydrogen-bond acceptors (Lipinski definition) is 4. The van der Waals surface area contributed by atoms with Crippen LogP contribution in [0, 0.1) is 6.92 Å². The minimum atomic E-state index is -3.41. The van der Waals surface area contributed by atoms with E-state index in [4.69, 9.17) is 0 Å². The van der Waals surface area contributed by atoms with Gasteiger partial charge in [-0.15, -0.1) is 0 Å². The SMILES string of the molecule is Cc1nn(C)cc1C(=O)N1CCC[C@H](N(C)S(=O)(=O)Cc2ccccc2)CC1. The summed E-state index contributed by atoms with van der Waals surface area (Å²) in [6.07, 6.45) is 3.91. The Bertz CT molecular complexity index is 924. The van der Waals surface area contributed by atoms with E-state index in [1.165, 1.54) is 4.31 Å². The highest BCUT2D eigenvalue weighted by molar-refractivity contribution is 7.88. The number of carbonyl (C=O) groups excluding carboxylic acids is 1. The third kappa shape index (κ3) is 4.62. The largest absolute Gasteiger partial charge is 0.338 e. The zero-order chi connectivity index (χ0) is 20.3. The maximum Gasteiger partial charge on any atom is 0.257 e. The lowest BCUT2D eigenvalue weighted by atomic mass is 10.1. The molecular weight excluding hydrogens is 376 g/mol. The van der Waals surface area contributed by atoms with E-state index in [9.17, 15) is 13.2 Å². The van der Waals surface area contributed by atoms with Crippen LogP contribution < -0.4 is 0 Å². The van der Waals surface area contributed by atoms with Gasteiger partial charge in [-0.25, -0.2) is 12.7 Å². The molecule has 0 spiro atoms. The molecule has 0 radical (unpaired) electrons. The first-order valence-electron chi connectivity index (χ1n) is 9.57. The first kappa shape index (κ1) is 20.5. The number of rotatable bonds is 5. The van der Waals surface area contributed by atoms with Gasteiger partial charge in [-0.2, -0.15) is 5.10 Å². The molecule has 1 aromatic heterocycles. The van der Waals surface area contributed by atoms with Crippen LogP contribution >= 0.6 is 0 Å². The average molecular weight is 405 g/mol. The van der Waals surface area contributed by atoms with E-state index in [1.807, 2.05) is 42.2 Å². The molecule has 1 atom stereocenters. The van der Waals surface area contributed by atoms with Crippen LogP contribution in [0.15, 0.2) is 36.5 Å². The molecule has 1 amide bonds. The van der Waals surface area contributed by atoms with Crippen molar-refractivity contribution in [2.24, 2.45) is 7.05 Å². The number of likely N-dealkylation sites (tertiary alicyclic amines) is 1. The Morgan fingerprint density at radius 2 is 1.93 bits per heavy atom. The number of aromatic nitrogens is 2. The molecule has 2 heterocycles. The fourth-order valence-electron chi connectivity index (χ4n) is 3.74. The molecule has 0 bridgehead atoms. The molecule has 152 valence electrons. The van der Waals surface area contributed by atoms with E-state index < -0.39 is 10.0 Å². The quantitative estimate of drug-likeness (QED) is 0.766. The smallest absolute Gasteiger partial charge is 0.257 e. The molecule has 0 unspecified atom stereocenters. The van der Waals surface area contributed by atoms with Gasteiger partial charge in [0, 0.05) is 39.4 Å². The molecular formula is C20H28N4O3S. The molecule has 0 N–H and O–H groups in total. The highest BCUT2D eigenvalue weighted by Crippen LogP contribution is 2.22. The van der Waals surface area contributed by atoms with Gasteiger partial charge < -0.3 is 4.90 Å². The molecule has 8 heteroatoms. The van der Waals surface area contributed by atoms with Crippen molar-refractivity contribution < 1.29 is 13.2 Å². The van der Waals surface area contributed by atoms with Crippen molar-refractivity contribution in [2.45, 2.75) is 38.0 Å². The van der Waals surface area contributed by atoms with Gasteiger partial charge in [0.05, 0.1) is 17.0 Å². The van der Waals surface area contributed by atoms with E-state index in [-0.39, 0.29) is 17.7 Å². The summed E-state index contributed by atoms with van der Waals surface area (Å²) in [4.78, 5) is 14.7. The molecule has 1 aliphatic heterocycles. The van der Waals surface area contributed by atoms with Crippen molar-refractivity contribution in [2.75, 3.05) is 20.1 Å². The van der Waals surface area contributed by atoms with Crippen molar-refractivity contribution in [1.29, 1.82) is 0 Å². The van der Waals surface area contributed by atoms with Gasteiger partial charge in [-0.05, 0) is 31.7 Å². The van der Waals surface area contributed by atoms with E-state index in [1.54, 1.807) is 25.0 Å². The first-order valence-corrected chi connectivity index (χ1v) is 11.2. The summed E-state index contributed by atoms with van der Waals surface area (Å²) in [7, 11) is 0.0529. The second-order valence-electron chi connectivity index (χ2n) is 7.44. The summed E-state index contributed by atoms with van der Waals surface area (Å²) in [5.41, 5.74) is 2.12. The van der Waals surface area contributed by atoms with Crippen molar-refractivity contribution in [3.8, 4) is 0 Å². The van der Waals surface area contributed by atoms with Crippen LogP contribution in [0.1, 0.15) is 40.9 Å².